The number of fused-ring (bicyclic) bond motifs is 1. The highest BCUT2D eigenvalue weighted by Crippen LogP contribution is 2.38. The zero-order valence-corrected chi connectivity index (χ0v) is 13.6. The Morgan fingerprint density at radius 3 is 2.87 bits per heavy atom. The number of carbonyl (C=O) groups is 1. The Bertz CT molecular complexity index is 745. The maximum absolute atomic E-state index is 12.0. The number of carbonyl (C=O) groups excluding carboxylic acids is 1. The summed E-state index contributed by atoms with van der Waals surface area (Å²) in [5.74, 6) is 0.625. The number of phenolic OH excluding ortho intramolecular Hbond substituents is 1. The van der Waals surface area contributed by atoms with Crippen molar-refractivity contribution < 1.29 is 14.6 Å². The molecule has 0 aliphatic carbocycles. The molecule has 0 radical (unpaired) electrons. The van der Waals surface area contributed by atoms with Gasteiger partial charge in [-0.25, -0.2) is 0 Å². The molecule has 1 N–H and O–H groups in total. The number of halogens is 1. The number of nitrogens with zero attached hydrogens (tertiary/aromatic N) is 1. The van der Waals surface area contributed by atoms with Crippen LogP contribution in [0.25, 0.3) is 11.1 Å². The van der Waals surface area contributed by atoms with Gasteiger partial charge >= 0.3 is 0 Å². The van der Waals surface area contributed by atoms with Crippen LogP contribution in [-0.4, -0.2) is 29.1 Å². The molecule has 0 aromatic heterocycles. The van der Waals surface area contributed by atoms with Gasteiger partial charge in [0.15, 0.2) is 11.5 Å². The lowest BCUT2D eigenvalue weighted by Gasteiger charge is -2.19. The Morgan fingerprint density at radius 1 is 1.30 bits per heavy atom. The van der Waals surface area contributed by atoms with Crippen LogP contribution in [0.15, 0.2) is 36.4 Å². The molecule has 23 heavy (non-hydrogen) atoms. The fourth-order valence-corrected chi connectivity index (χ4v) is 2.96. The van der Waals surface area contributed by atoms with Gasteiger partial charge in [-0.2, -0.15) is 0 Å². The van der Waals surface area contributed by atoms with Gasteiger partial charge in [-0.15, -0.1) is 0 Å². The molecule has 2 aromatic carbocycles. The molecule has 0 bridgehead atoms. The van der Waals surface area contributed by atoms with Crippen LogP contribution in [0.1, 0.15) is 18.9 Å². The molecule has 120 valence electrons. The van der Waals surface area contributed by atoms with Crippen LogP contribution >= 0.6 is 11.6 Å². The van der Waals surface area contributed by atoms with Gasteiger partial charge in [-0.3, -0.25) is 4.79 Å². The average molecular weight is 332 g/mol. The molecule has 0 saturated carbocycles. The predicted molar refractivity (Wildman–Crippen MR) is 89.8 cm³/mol. The lowest BCUT2D eigenvalue weighted by atomic mass is 10.0. The molecular weight excluding hydrogens is 314 g/mol. The fourth-order valence-electron chi connectivity index (χ4n) is 2.77. The number of hydrogen-bond acceptors (Lipinski definition) is 3. The highest BCUT2D eigenvalue weighted by atomic mass is 35.5. The van der Waals surface area contributed by atoms with E-state index in [2.05, 4.69) is 0 Å². The number of aromatic hydroxyl groups is 1. The largest absolute Gasteiger partial charge is 0.504 e. The van der Waals surface area contributed by atoms with E-state index in [1.54, 1.807) is 17.0 Å². The van der Waals surface area contributed by atoms with Crippen molar-refractivity contribution in [3.8, 4) is 22.6 Å². The normalized spacial score (nSPS) is 13.9. The number of amides is 1. The molecule has 0 unspecified atom stereocenters. The quantitative estimate of drug-likeness (QED) is 0.909. The van der Waals surface area contributed by atoms with E-state index in [-0.39, 0.29) is 11.7 Å². The summed E-state index contributed by atoms with van der Waals surface area (Å²) >= 11 is 6.05. The standard InChI is InChI=1S/C18H18ClNO3/c1-2-17(22)20-6-7-23-18-14(11-20)8-13(10-16(18)21)12-4-3-5-15(19)9-12/h3-5,8-10,21H,2,6-7,11H2,1H3. The maximum Gasteiger partial charge on any atom is 0.222 e. The topological polar surface area (TPSA) is 49.8 Å². The molecule has 3 rings (SSSR count). The minimum atomic E-state index is 0.0779. The number of phenols is 1. The van der Waals surface area contributed by atoms with Crippen LogP contribution in [0, 0.1) is 0 Å². The molecule has 2 aromatic rings. The first-order chi connectivity index (χ1) is 11.1. The first-order valence-corrected chi connectivity index (χ1v) is 7.98. The summed E-state index contributed by atoms with van der Waals surface area (Å²) in [6.45, 7) is 3.18. The Labute approximate surface area is 140 Å². The van der Waals surface area contributed by atoms with Gasteiger partial charge in [0.1, 0.15) is 6.61 Å². The van der Waals surface area contributed by atoms with Crippen LogP contribution in [-0.2, 0) is 11.3 Å². The SMILES string of the molecule is CCC(=O)N1CCOc2c(O)cc(-c3cccc(Cl)c3)cc2C1. The summed E-state index contributed by atoms with van der Waals surface area (Å²) < 4.78 is 5.65. The van der Waals surface area contributed by atoms with Gasteiger partial charge in [-0.05, 0) is 35.4 Å². The van der Waals surface area contributed by atoms with Gasteiger partial charge < -0.3 is 14.7 Å². The van der Waals surface area contributed by atoms with Gasteiger partial charge in [0.05, 0.1) is 6.54 Å². The monoisotopic (exact) mass is 331 g/mol. The van der Waals surface area contributed by atoms with Crippen molar-refractivity contribution >= 4 is 17.5 Å². The highest BCUT2D eigenvalue weighted by Gasteiger charge is 2.22. The van der Waals surface area contributed by atoms with Gasteiger partial charge in [-0.1, -0.05) is 30.7 Å². The molecule has 0 fully saturated rings. The van der Waals surface area contributed by atoms with E-state index in [9.17, 15) is 9.90 Å². The molecule has 1 aliphatic rings. The Kier molecular flexibility index (Phi) is 4.44. The molecule has 0 atom stereocenters. The third kappa shape index (κ3) is 3.27. The van der Waals surface area contributed by atoms with Gasteiger partial charge in [0.25, 0.3) is 0 Å². The van der Waals surface area contributed by atoms with Crippen molar-refractivity contribution in [3.05, 3.63) is 47.0 Å². The Hall–Kier alpha value is -2.20. The van der Waals surface area contributed by atoms with E-state index in [0.29, 0.717) is 36.9 Å². The summed E-state index contributed by atoms with van der Waals surface area (Å²) in [5.41, 5.74) is 2.56. The molecule has 5 heteroatoms. The van der Waals surface area contributed by atoms with Gasteiger partial charge in [0, 0.05) is 23.6 Å². The third-order valence-electron chi connectivity index (χ3n) is 3.93. The second kappa shape index (κ2) is 6.50. The second-order valence-electron chi connectivity index (χ2n) is 5.51. The first-order valence-electron chi connectivity index (χ1n) is 7.61. The van der Waals surface area contributed by atoms with Crippen molar-refractivity contribution in [1.82, 2.24) is 4.90 Å². The van der Waals surface area contributed by atoms with Crippen molar-refractivity contribution in [1.29, 1.82) is 0 Å². The summed E-state index contributed by atoms with van der Waals surface area (Å²) in [6, 6.07) is 11.1. The van der Waals surface area contributed by atoms with E-state index >= 15 is 0 Å². The van der Waals surface area contributed by atoms with E-state index in [4.69, 9.17) is 16.3 Å². The zero-order chi connectivity index (χ0) is 16.4. The Balaban J connectivity index is 2.02. The van der Waals surface area contributed by atoms with Crippen LogP contribution in [0.3, 0.4) is 0 Å². The number of rotatable bonds is 2. The molecule has 0 saturated heterocycles. The summed E-state index contributed by atoms with van der Waals surface area (Å²) in [6.07, 6.45) is 0.454. The molecule has 1 heterocycles. The number of ether oxygens (including phenoxy) is 1. The minimum absolute atomic E-state index is 0.0779. The second-order valence-corrected chi connectivity index (χ2v) is 5.95. The molecular formula is C18H18ClNO3. The zero-order valence-electron chi connectivity index (χ0n) is 12.9. The summed E-state index contributed by atoms with van der Waals surface area (Å²) in [5, 5.41) is 10.9. The van der Waals surface area contributed by atoms with E-state index < -0.39 is 0 Å². The minimum Gasteiger partial charge on any atom is -0.504 e. The van der Waals surface area contributed by atoms with E-state index in [0.717, 1.165) is 16.7 Å². The fraction of sp³-hybridized carbons (Fsp3) is 0.278. The smallest absolute Gasteiger partial charge is 0.222 e. The molecule has 0 spiro atoms. The van der Waals surface area contributed by atoms with E-state index in [1.165, 1.54) is 0 Å². The molecule has 1 amide bonds. The number of benzene rings is 2. The summed E-state index contributed by atoms with van der Waals surface area (Å²) in [7, 11) is 0. The van der Waals surface area contributed by atoms with Crippen LogP contribution in [0.2, 0.25) is 5.02 Å². The summed E-state index contributed by atoms with van der Waals surface area (Å²) in [4.78, 5) is 13.8. The Morgan fingerprint density at radius 2 is 2.13 bits per heavy atom. The van der Waals surface area contributed by atoms with Crippen molar-refractivity contribution in [2.75, 3.05) is 13.2 Å². The van der Waals surface area contributed by atoms with Crippen LogP contribution < -0.4 is 4.74 Å². The number of hydrogen-bond donors (Lipinski definition) is 1. The highest BCUT2D eigenvalue weighted by molar-refractivity contribution is 6.30. The first kappa shape index (κ1) is 15.7. The van der Waals surface area contributed by atoms with Crippen LogP contribution in [0.5, 0.6) is 11.5 Å². The van der Waals surface area contributed by atoms with Crippen molar-refractivity contribution in [2.45, 2.75) is 19.9 Å². The van der Waals surface area contributed by atoms with Crippen LogP contribution in [0.4, 0.5) is 0 Å². The van der Waals surface area contributed by atoms with Gasteiger partial charge in [0.2, 0.25) is 5.91 Å². The maximum atomic E-state index is 12.0. The lowest BCUT2D eigenvalue weighted by molar-refractivity contribution is -0.131. The van der Waals surface area contributed by atoms with Crippen molar-refractivity contribution in [2.24, 2.45) is 0 Å². The molecule has 1 aliphatic heterocycles. The lowest BCUT2D eigenvalue weighted by Crippen LogP contribution is -2.31. The molecule has 4 nitrogen and oxygen atoms in total. The predicted octanol–water partition coefficient (Wildman–Crippen LogP) is 3.84. The van der Waals surface area contributed by atoms with Crippen molar-refractivity contribution in [3.63, 3.8) is 0 Å². The average Bonchev–Trinajstić information content (AvgIpc) is 2.77. The van der Waals surface area contributed by atoms with E-state index in [1.807, 2.05) is 31.2 Å². The third-order valence-corrected chi connectivity index (χ3v) is 4.16.